The van der Waals surface area contributed by atoms with E-state index in [1.54, 1.807) is 6.92 Å². The molecular formula is C12H10ClFNO3S+. The van der Waals surface area contributed by atoms with Crippen molar-refractivity contribution in [3.63, 3.8) is 0 Å². The highest BCUT2D eigenvalue weighted by atomic mass is 35.5. The molecule has 0 unspecified atom stereocenters. The molecule has 19 heavy (non-hydrogen) atoms. The summed E-state index contributed by atoms with van der Waals surface area (Å²) in [4.78, 5) is 14.5. The maximum atomic E-state index is 13.4. The van der Waals surface area contributed by atoms with Gasteiger partial charge in [-0.25, -0.2) is 9.18 Å². The Morgan fingerprint density at radius 3 is 2.89 bits per heavy atom. The van der Waals surface area contributed by atoms with E-state index in [-0.39, 0.29) is 27.6 Å². The predicted octanol–water partition coefficient (Wildman–Crippen LogP) is 2.62. The number of aromatic nitrogens is 1. The van der Waals surface area contributed by atoms with Crippen molar-refractivity contribution in [1.29, 1.82) is 0 Å². The van der Waals surface area contributed by atoms with Gasteiger partial charge in [-0.1, -0.05) is 24.2 Å². The molecule has 0 saturated carbocycles. The minimum Gasteiger partial charge on any atom is -0.506 e. The Balaban J connectivity index is 2.74. The first-order chi connectivity index (χ1) is 8.95. The molecule has 0 atom stereocenters. The van der Waals surface area contributed by atoms with E-state index in [1.807, 2.05) is 0 Å². The summed E-state index contributed by atoms with van der Waals surface area (Å²) in [5, 5.41) is 10.2. The number of pyridine rings is 1. The maximum absolute atomic E-state index is 13.4. The van der Waals surface area contributed by atoms with Crippen molar-refractivity contribution in [2.24, 2.45) is 0 Å². The number of H-pyrrole nitrogens is 1. The molecule has 0 fully saturated rings. The van der Waals surface area contributed by atoms with Gasteiger partial charge < -0.3 is 9.84 Å². The molecule has 2 N–H and O–H groups in total. The lowest BCUT2D eigenvalue weighted by molar-refractivity contribution is -0.395. The smallest absolute Gasteiger partial charge is 0.349 e. The van der Waals surface area contributed by atoms with Crippen LogP contribution in [0.15, 0.2) is 17.2 Å². The van der Waals surface area contributed by atoms with Crippen molar-refractivity contribution < 1.29 is 24.0 Å². The maximum Gasteiger partial charge on any atom is 0.349 e. The second-order valence-corrected chi connectivity index (χ2v) is 4.58. The lowest BCUT2D eigenvalue weighted by atomic mass is 10.1. The Bertz CT molecular complexity index is 678. The third-order valence-corrected chi connectivity index (χ3v) is 3.15. The number of thiol groups is 1. The number of carbonyl (C=O) groups excluding carboxylic acids is 1. The van der Waals surface area contributed by atoms with Crippen LogP contribution in [-0.2, 0) is 4.74 Å². The van der Waals surface area contributed by atoms with Gasteiger partial charge >= 0.3 is 5.97 Å². The minimum absolute atomic E-state index is 0.0974. The second-order valence-electron chi connectivity index (χ2n) is 3.73. The van der Waals surface area contributed by atoms with Crippen molar-refractivity contribution >= 4 is 41.1 Å². The summed E-state index contributed by atoms with van der Waals surface area (Å²) in [7, 11) is 0. The van der Waals surface area contributed by atoms with Crippen LogP contribution in [0.1, 0.15) is 17.3 Å². The second kappa shape index (κ2) is 5.22. The third-order valence-electron chi connectivity index (χ3n) is 2.52. The van der Waals surface area contributed by atoms with Crippen LogP contribution in [0, 0.1) is 5.82 Å². The van der Waals surface area contributed by atoms with E-state index in [4.69, 9.17) is 16.3 Å². The van der Waals surface area contributed by atoms with Crippen LogP contribution < -0.4 is 4.98 Å². The zero-order valence-electron chi connectivity index (χ0n) is 9.83. The summed E-state index contributed by atoms with van der Waals surface area (Å²) in [5.41, 5.74) is 0.223. The molecule has 0 amide bonds. The van der Waals surface area contributed by atoms with E-state index in [9.17, 15) is 14.3 Å². The van der Waals surface area contributed by atoms with E-state index in [2.05, 4.69) is 17.6 Å². The number of carbonyl (C=O) groups is 1. The predicted molar refractivity (Wildman–Crippen MR) is 70.3 cm³/mol. The molecule has 0 spiro atoms. The first-order valence-electron chi connectivity index (χ1n) is 5.38. The zero-order valence-corrected chi connectivity index (χ0v) is 11.5. The molecule has 2 aromatic rings. The van der Waals surface area contributed by atoms with Crippen LogP contribution in [0.4, 0.5) is 4.39 Å². The van der Waals surface area contributed by atoms with Gasteiger partial charge in [0.1, 0.15) is 5.82 Å². The summed E-state index contributed by atoms with van der Waals surface area (Å²) in [6, 6.07) is 2.35. The molecule has 0 saturated heterocycles. The highest BCUT2D eigenvalue weighted by Gasteiger charge is 2.25. The number of halogens is 2. The van der Waals surface area contributed by atoms with Gasteiger partial charge in [-0.15, -0.1) is 0 Å². The summed E-state index contributed by atoms with van der Waals surface area (Å²) in [6.07, 6.45) is 0. The molecule has 4 nitrogen and oxygen atoms in total. The molecular weight excluding hydrogens is 293 g/mol. The molecule has 0 bridgehead atoms. The molecule has 0 aliphatic carbocycles. The molecule has 100 valence electrons. The number of fused-ring (bicyclic) bond motifs is 1. The molecule has 1 aromatic heterocycles. The van der Waals surface area contributed by atoms with Crippen LogP contribution in [0.2, 0.25) is 5.02 Å². The van der Waals surface area contributed by atoms with E-state index < -0.39 is 17.5 Å². The highest BCUT2D eigenvalue weighted by Crippen LogP contribution is 2.32. The Labute approximate surface area is 118 Å². The number of aromatic hydroxyl groups is 1. The van der Waals surface area contributed by atoms with E-state index in [0.29, 0.717) is 5.52 Å². The summed E-state index contributed by atoms with van der Waals surface area (Å²) in [6.45, 7) is 1.79. The molecule has 0 radical (unpaired) electrons. The Hall–Kier alpha value is -1.53. The Morgan fingerprint density at radius 1 is 1.58 bits per heavy atom. The van der Waals surface area contributed by atoms with Crippen molar-refractivity contribution in [2.75, 3.05) is 6.61 Å². The highest BCUT2D eigenvalue weighted by molar-refractivity contribution is 7.80. The summed E-state index contributed by atoms with van der Waals surface area (Å²) < 4.78 is 18.2. The van der Waals surface area contributed by atoms with Crippen molar-refractivity contribution in [1.82, 2.24) is 0 Å². The number of nitrogens with one attached hydrogen (secondary N) is 1. The number of rotatable bonds is 2. The van der Waals surface area contributed by atoms with Crippen LogP contribution >= 0.6 is 24.2 Å². The monoisotopic (exact) mass is 302 g/mol. The molecule has 1 aromatic carbocycles. The van der Waals surface area contributed by atoms with E-state index in [1.165, 1.54) is 6.07 Å². The van der Waals surface area contributed by atoms with E-state index in [0.717, 1.165) is 6.07 Å². The standard InChI is InChI=1S/C12H9ClFNO3S/c1-2-18-12(17)9-10(16)5-3-7(14)6(13)4-8(5)15-11(9)19/h3-4H,2H2,1H3,(H2,15,16,19)/p+1. The quantitative estimate of drug-likeness (QED) is 0.662. The number of hydrogen-bond donors (Lipinski definition) is 2. The number of aromatic amines is 1. The zero-order chi connectivity index (χ0) is 14.2. The fourth-order valence-electron chi connectivity index (χ4n) is 1.68. The van der Waals surface area contributed by atoms with Crippen LogP contribution in [0.5, 0.6) is 5.75 Å². The summed E-state index contributed by atoms with van der Waals surface area (Å²) in [5.74, 6) is -1.83. The molecule has 7 heteroatoms. The van der Waals surface area contributed by atoms with Crippen molar-refractivity contribution in [3.8, 4) is 5.75 Å². The van der Waals surface area contributed by atoms with Gasteiger partial charge in [-0.2, -0.15) is 4.98 Å². The average Bonchev–Trinajstić information content (AvgIpc) is 2.32. The SMILES string of the molecule is CCOC(=O)c1c(S)[nH+]c2cc(Cl)c(F)cc2c1O. The Morgan fingerprint density at radius 2 is 2.26 bits per heavy atom. The topological polar surface area (TPSA) is 60.7 Å². The normalized spacial score (nSPS) is 10.7. The third kappa shape index (κ3) is 2.46. The first-order valence-corrected chi connectivity index (χ1v) is 6.21. The van der Waals surface area contributed by atoms with Gasteiger partial charge in [0, 0.05) is 6.07 Å². The molecule has 2 rings (SSSR count). The van der Waals surface area contributed by atoms with Gasteiger partial charge in [-0.05, 0) is 13.0 Å². The first kappa shape index (κ1) is 13.9. The largest absolute Gasteiger partial charge is 0.506 e. The Kier molecular flexibility index (Phi) is 3.82. The van der Waals surface area contributed by atoms with E-state index >= 15 is 0 Å². The van der Waals surface area contributed by atoms with Crippen molar-refractivity contribution in [2.45, 2.75) is 11.9 Å². The molecule has 1 heterocycles. The van der Waals surface area contributed by atoms with Gasteiger partial charge in [0.05, 0.1) is 17.0 Å². The number of benzene rings is 1. The lowest BCUT2D eigenvalue weighted by Crippen LogP contribution is -2.15. The molecule has 0 aliphatic rings. The van der Waals surface area contributed by atoms with Crippen LogP contribution in [0.3, 0.4) is 0 Å². The van der Waals surface area contributed by atoms with Gasteiger partial charge in [0.15, 0.2) is 11.3 Å². The van der Waals surface area contributed by atoms with Gasteiger partial charge in [0.2, 0.25) is 5.52 Å². The van der Waals surface area contributed by atoms with Gasteiger partial charge in [-0.3, -0.25) is 0 Å². The number of ether oxygens (including phenoxy) is 1. The number of hydrogen-bond acceptors (Lipinski definition) is 4. The lowest BCUT2D eigenvalue weighted by Gasteiger charge is -2.06. The fraction of sp³-hybridized carbons (Fsp3) is 0.167. The van der Waals surface area contributed by atoms with Gasteiger partial charge in [0.25, 0.3) is 5.03 Å². The van der Waals surface area contributed by atoms with Crippen molar-refractivity contribution in [3.05, 3.63) is 28.5 Å². The minimum atomic E-state index is -0.737. The summed E-state index contributed by atoms with van der Waals surface area (Å²) >= 11 is 9.73. The van der Waals surface area contributed by atoms with Crippen LogP contribution in [0.25, 0.3) is 10.9 Å². The van der Waals surface area contributed by atoms with Crippen LogP contribution in [-0.4, -0.2) is 17.7 Å². The fourth-order valence-corrected chi connectivity index (χ4v) is 2.16. The average molecular weight is 303 g/mol. The molecule has 0 aliphatic heterocycles. The number of esters is 1.